The number of aliphatic hydroxyl groups is 2. The van der Waals surface area contributed by atoms with Crippen LogP contribution in [0.2, 0.25) is 0 Å². The van der Waals surface area contributed by atoms with E-state index < -0.39 is 6.10 Å². The number of hydrogen-bond acceptors (Lipinski definition) is 3. The van der Waals surface area contributed by atoms with Crippen molar-refractivity contribution in [3.8, 4) is 0 Å². The molecule has 0 aliphatic carbocycles. The van der Waals surface area contributed by atoms with Gasteiger partial charge in [-0.15, -0.1) is 0 Å². The summed E-state index contributed by atoms with van der Waals surface area (Å²) in [6.45, 7) is 5.04. The van der Waals surface area contributed by atoms with Gasteiger partial charge in [0.2, 0.25) is 0 Å². The minimum atomic E-state index is -0.718. The summed E-state index contributed by atoms with van der Waals surface area (Å²) in [5.74, 6) is 0.705. The van der Waals surface area contributed by atoms with E-state index in [4.69, 9.17) is 14.9 Å². The van der Waals surface area contributed by atoms with Gasteiger partial charge in [-0.25, -0.2) is 0 Å². The minimum absolute atomic E-state index is 0.218. The second kappa shape index (κ2) is 7.53. The lowest BCUT2D eigenvalue weighted by Gasteiger charge is -2.08. The molecule has 0 aromatic carbocycles. The molecule has 1 unspecified atom stereocenters. The third kappa shape index (κ3) is 7.98. The SMILES string of the molecule is CC(C)CCCOCC(O)CO. The molecule has 74 valence electrons. The van der Waals surface area contributed by atoms with Crippen LogP contribution in [0.3, 0.4) is 0 Å². The maximum atomic E-state index is 8.89. The van der Waals surface area contributed by atoms with Crippen molar-refractivity contribution < 1.29 is 14.9 Å². The maximum Gasteiger partial charge on any atom is 0.100 e. The van der Waals surface area contributed by atoms with Crippen LogP contribution >= 0.6 is 0 Å². The first-order chi connectivity index (χ1) is 5.66. The molecule has 0 saturated heterocycles. The second-order valence-corrected chi connectivity index (χ2v) is 3.45. The molecule has 1 atom stereocenters. The molecule has 0 aliphatic heterocycles. The Morgan fingerprint density at radius 3 is 2.50 bits per heavy atom. The summed E-state index contributed by atoms with van der Waals surface area (Å²) >= 11 is 0. The molecule has 0 aliphatic rings. The Morgan fingerprint density at radius 2 is 2.00 bits per heavy atom. The Kier molecular flexibility index (Phi) is 7.45. The second-order valence-electron chi connectivity index (χ2n) is 3.45. The number of rotatable bonds is 7. The molecule has 0 aromatic rings. The first-order valence-electron chi connectivity index (χ1n) is 4.53. The Balaban J connectivity index is 3.00. The monoisotopic (exact) mass is 176 g/mol. The topological polar surface area (TPSA) is 49.7 Å². The zero-order valence-electron chi connectivity index (χ0n) is 7.99. The van der Waals surface area contributed by atoms with Gasteiger partial charge < -0.3 is 14.9 Å². The summed E-state index contributed by atoms with van der Waals surface area (Å²) in [7, 11) is 0. The summed E-state index contributed by atoms with van der Waals surface area (Å²) < 4.78 is 5.13. The van der Waals surface area contributed by atoms with E-state index in [9.17, 15) is 0 Å². The van der Waals surface area contributed by atoms with E-state index in [1.54, 1.807) is 0 Å². The van der Waals surface area contributed by atoms with Crippen molar-refractivity contribution >= 4 is 0 Å². The van der Waals surface area contributed by atoms with E-state index in [1.165, 1.54) is 0 Å². The molecule has 0 radical (unpaired) electrons. The predicted molar refractivity (Wildman–Crippen MR) is 48.0 cm³/mol. The van der Waals surface area contributed by atoms with Crippen molar-refractivity contribution in [2.24, 2.45) is 5.92 Å². The Labute approximate surface area is 74.4 Å². The van der Waals surface area contributed by atoms with Crippen molar-refractivity contribution in [2.75, 3.05) is 19.8 Å². The fraction of sp³-hybridized carbons (Fsp3) is 1.00. The fourth-order valence-electron chi connectivity index (χ4n) is 0.866. The average Bonchev–Trinajstić information content (AvgIpc) is 2.03. The highest BCUT2D eigenvalue weighted by molar-refractivity contribution is 4.49. The van der Waals surface area contributed by atoms with Crippen LogP contribution in [0.15, 0.2) is 0 Å². The van der Waals surface area contributed by atoms with Crippen LogP contribution < -0.4 is 0 Å². The Hall–Kier alpha value is -0.120. The standard InChI is InChI=1S/C9H20O3/c1-8(2)4-3-5-12-7-9(11)6-10/h8-11H,3-7H2,1-2H3. The van der Waals surface area contributed by atoms with E-state index in [1.807, 2.05) is 0 Å². The van der Waals surface area contributed by atoms with Crippen molar-refractivity contribution in [3.05, 3.63) is 0 Å². The summed E-state index contributed by atoms with van der Waals surface area (Å²) in [5.41, 5.74) is 0. The van der Waals surface area contributed by atoms with Crippen LogP contribution in [0.25, 0.3) is 0 Å². The fourth-order valence-corrected chi connectivity index (χ4v) is 0.866. The molecule has 12 heavy (non-hydrogen) atoms. The summed E-state index contributed by atoms with van der Waals surface area (Å²) in [4.78, 5) is 0. The van der Waals surface area contributed by atoms with Crippen LogP contribution in [0.4, 0.5) is 0 Å². The molecule has 0 rings (SSSR count). The van der Waals surface area contributed by atoms with Gasteiger partial charge in [-0.05, 0) is 18.8 Å². The van der Waals surface area contributed by atoms with Gasteiger partial charge in [0.25, 0.3) is 0 Å². The largest absolute Gasteiger partial charge is 0.394 e. The van der Waals surface area contributed by atoms with Gasteiger partial charge in [0, 0.05) is 6.61 Å². The third-order valence-corrected chi connectivity index (χ3v) is 1.59. The molecule has 3 heteroatoms. The molecule has 2 N–H and O–H groups in total. The van der Waals surface area contributed by atoms with Gasteiger partial charge in [0.1, 0.15) is 6.10 Å². The zero-order valence-corrected chi connectivity index (χ0v) is 7.99. The van der Waals surface area contributed by atoms with E-state index in [0.717, 1.165) is 12.8 Å². The molecule has 0 amide bonds. The molecular weight excluding hydrogens is 156 g/mol. The van der Waals surface area contributed by atoms with Crippen LogP contribution in [-0.4, -0.2) is 36.1 Å². The lowest BCUT2D eigenvalue weighted by atomic mass is 10.1. The highest BCUT2D eigenvalue weighted by atomic mass is 16.5. The van der Waals surface area contributed by atoms with E-state index in [-0.39, 0.29) is 13.2 Å². The van der Waals surface area contributed by atoms with Crippen LogP contribution in [-0.2, 0) is 4.74 Å². The highest BCUT2D eigenvalue weighted by Crippen LogP contribution is 2.03. The molecule has 3 nitrogen and oxygen atoms in total. The zero-order chi connectivity index (χ0) is 9.40. The van der Waals surface area contributed by atoms with Crippen LogP contribution in [0.1, 0.15) is 26.7 Å². The number of hydrogen-bond donors (Lipinski definition) is 2. The van der Waals surface area contributed by atoms with Crippen molar-refractivity contribution in [1.82, 2.24) is 0 Å². The molecule has 0 aromatic heterocycles. The highest BCUT2D eigenvalue weighted by Gasteiger charge is 2.00. The van der Waals surface area contributed by atoms with Gasteiger partial charge in [-0.1, -0.05) is 13.8 Å². The van der Waals surface area contributed by atoms with Gasteiger partial charge in [-0.3, -0.25) is 0 Å². The lowest BCUT2D eigenvalue weighted by Crippen LogP contribution is -2.19. The number of aliphatic hydroxyl groups excluding tert-OH is 2. The Morgan fingerprint density at radius 1 is 1.33 bits per heavy atom. The summed E-state index contributed by atoms with van der Waals surface area (Å²) in [6.07, 6.45) is 1.45. The van der Waals surface area contributed by atoms with Crippen LogP contribution in [0, 0.1) is 5.92 Å². The van der Waals surface area contributed by atoms with E-state index in [2.05, 4.69) is 13.8 Å². The quantitative estimate of drug-likeness (QED) is 0.564. The molecule has 0 bridgehead atoms. The summed E-state index contributed by atoms with van der Waals surface area (Å²) in [6, 6.07) is 0. The lowest BCUT2D eigenvalue weighted by molar-refractivity contribution is 0.00484. The molecule has 0 saturated carbocycles. The smallest absolute Gasteiger partial charge is 0.100 e. The first-order valence-corrected chi connectivity index (χ1v) is 4.53. The Bertz CT molecular complexity index is 93.8. The van der Waals surface area contributed by atoms with Crippen molar-refractivity contribution in [1.29, 1.82) is 0 Å². The van der Waals surface area contributed by atoms with Gasteiger partial charge in [0.05, 0.1) is 13.2 Å². The first kappa shape index (κ1) is 11.9. The number of ether oxygens (including phenoxy) is 1. The van der Waals surface area contributed by atoms with Gasteiger partial charge >= 0.3 is 0 Å². The van der Waals surface area contributed by atoms with E-state index >= 15 is 0 Å². The van der Waals surface area contributed by atoms with Crippen molar-refractivity contribution in [2.45, 2.75) is 32.8 Å². The molecule has 0 heterocycles. The maximum absolute atomic E-state index is 8.89. The molecule has 0 spiro atoms. The molecular formula is C9H20O3. The minimum Gasteiger partial charge on any atom is -0.394 e. The van der Waals surface area contributed by atoms with E-state index in [0.29, 0.717) is 12.5 Å². The van der Waals surface area contributed by atoms with Gasteiger partial charge in [0.15, 0.2) is 0 Å². The van der Waals surface area contributed by atoms with Crippen molar-refractivity contribution in [3.63, 3.8) is 0 Å². The predicted octanol–water partition coefficient (Wildman–Crippen LogP) is 0.792. The van der Waals surface area contributed by atoms with Crippen LogP contribution in [0.5, 0.6) is 0 Å². The van der Waals surface area contributed by atoms with Gasteiger partial charge in [-0.2, -0.15) is 0 Å². The normalized spacial score (nSPS) is 13.8. The third-order valence-electron chi connectivity index (χ3n) is 1.59. The molecule has 0 fully saturated rings. The average molecular weight is 176 g/mol. The summed E-state index contributed by atoms with van der Waals surface area (Å²) in [5, 5.41) is 17.3.